The Balaban J connectivity index is 1.80. The number of hydrogen-bond acceptors (Lipinski definition) is 4. The Morgan fingerprint density at radius 2 is 1.56 bits per heavy atom. The third-order valence-electron chi connectivity index (χ3n) is 4.24. The maximum Gasteiger partial charge on any atom is 0.514 e. The highest BCUT2D eigenvalue weighted by Gasteiger charge is 2.15. The highest BCUT2D eigenvalue weighted by Crippen LogP contribution is 2.27. The van der Waals surface area contributed by atoms with Crippen molar-refractivity contribution >= 4 is 25.8 Å². The Kier molecular flexibility index (Phi) is 7.48. The predicted molar refractivity (Wildman–Crippen MR) is 128 cm³/mol. The monoisotopic (exact) mass is 443 g/mol. The van der Waals surface area contributed by atoms with Crippen LogP contribution in [0.4, 0.5) is 10.5 Å². The van der Waals surface area contributed by atoms with Crippen molar-refractivity contribution in [3.05, 3.63) is 95.6 Å². The second kappa shape index (κ2) is 10.5. The van der Waals surface area contributed by atoms with Crippen molar-refractivity contribution in [2.45, 2.75) is 26.2 Å². The molecule has 3 rings (SSSR count). The van der Waals surface area contributed by atoms with Gasteiger partial charge in [-0.05, 0) is 35.9 Å². The molecule has 0 unspecified atom stereocenters. The van der Waals surface area contributed by atoms with Gasteiger partial charge in [-0.25, -0.2) is 4.79 Å². The molecule has 0 saturated carbocycles. The second-order valence-corrected chi connectivity index (χ2v) is 12.9. The molecule has 162 valence electrons. The molecule has 0 radical (unpaired) electrons. The average Bonchev–Trinajstić information content (AvgIpc) is 2.78. The van der Waals surface area contributed by atoms with Crippen molar-refractivity contribution in [2.75, 3.05) is 5.32 Å². The number of benzene rings is 3. The maximum absolute atomic E-state index is 12.6. The maximum atomic E-state index is 12.6. The first-order valence-corrected chi connectivity index (χ1v) is 13.7. The van der Waals surface area contributed by atoms with Gasteiger partial charge in [-0.2, -0.15) is 0 Å². The van der Waals surface area contributed by atoms with E-state index in [1.807, 2.05) is 36.4 Å². The summed E-state index contributed by atoms with van der Waals surface area (Å²) in [5, 5.41) is 2.79. The molecule has 0 spiro atoms. The molecule has 0 atom stereocenters. The summed E-state index contributed by atoms with van der Waals surface area (Å²) in [6, 6.07) is 23.2. The van der Waals surface area contributed by atoms with Crippen LogP contribution in [0.1, 0.15) is 21.5 Å². The lowest BCUT2D eigenvalue weighted by molar-refractivity contribution is 0.0924. The molecule has 0 aliphatic heterocycles. The molecule has 0 saturated heterocycles. The van der Waals surface area contributed by atoms with Gasteiger partial charge >= 0.3 is 6.16 Å². The van der Waals surface area contributed by atoms with Gasteiger partial charge in [0.05, 0.1) is 5.69 Å². The van der Waals surface area contributed by atoms with Gasteiger partial charge in [-0.1, -0.05) is 74.1 Å². The lowest BCUT2D eigenvalue weighted by atomic mass is 10.1. The third-order valence-corrected chi connectivity index (χ3v) is 5.12. The summed E-state index contributed by atoms with van der Waals surface area (Å²) in [6.07, 6.45) is -0.862. The van der Waals surface area contributed by atoms with Gasteiger partial charge in [0, 0.05) is 11.1 Å². The van der Waals surface area contributed by atoms with Gasteiger partial charge < -0.3 is 14.8 Å². The van der Waals surface area contributed by atoms with Crippen LogP contribution in [0.25, 0.3) is 0 Å². The van der Waals surface area contributed by atoms with E-state index >= 15 is 0 Å². The van der Waals surface area contributed by atoms with Gasteiger partial charge in [0.2, 0.25) is 0 Å². The minimum Gasteiger partial charge on any atom is -0.429 e. The van der Waals surface area contributed by atoms with Crippen molar-refractivity contribution in [2.24, 2.45) is 0 Å². The van der Waals surface area contributed by atoms with Crippen LogP contribution in [0, 0.1) is 11.5 Å². The lowest BCUT2D eigenvalue weighted by Gasteiger charge is -2.12. The van der Waals surface area contributed by atoms with Gasteiger partial charge in [0.15, 0.2) is 5.75 Å². The molecule has 0 heterocycles. The van der Waals surface area contributed by atoms with Crippen molar-refractivity contribution in [3.63, 3.8) is 0 Å². The summed E-state index contributed by atoms with van der Waals surface area (Å²) < 4.78 is 10.7. The van der Waals surface area contributed by atoms with Crippen LogP contribution in [0.3, 0.4) is 0 Å². The molecular weight excluding hydrogens is 418 g/mol. The first-order valence-electron chi connectivity index (χ1n) is 10.2. The number of carbonyl (C=O) groups excluding carboxylic acids is 2. The number of hydrogen-bond donors (Lipinski definition) is 1. The Morgan fingerprint density at radius 1 is 0.906 bits per heavy atom. The zero-order valence-corrected chi connectivity index (χ0v) is 19.3. The highest BCUT2D eigenvalue weighted by atomic mass is 28.3. The van der Waals surface area contributed by atoms with Crippen LogP contribution < -0.4 is 10.1 Å². The van der Waals surface area contributed by atoms with E-state index in [9.17, 15) is 9.59 Å². The van der Waals surface area contributed by atoms with E-state index in [-0.39, 0.29) is 18.3 Å². The van der Waals surface area contributed by atoms with Gasteiger partial charge in [-0.3, -0.25) is 4.79 Å². The molecule has 0 bridgehead atoms. The summed E-state index contributed by atoms with van der Waals surface area (Å²) in [6.45, 7) is 6.52. The fourth-order valence-corrected chi connectivity index (χ4v) is 3.19. The number of nitrogens with one attached hydrogen (secondary N) is 1. The van der Waals surface area contributed by atoms with Crippen molar-refractivity contribution in [1.82, 2.24) is 0 Å². The quantitative estimate of drug-likeness (QED) is 0.231. The number of amides is 1. The van der Waals surface area contributed by atoms with Crippen LogP contribution in [0.2, 0.25) is 19.6 Å². The molecule has 3 aromatic rings. The summed E-state index contributed by atoms with van der Waals surface area (Å²) >= 11 is 0. The second-order valence-electron chi connectivity index (χ2n) is 8.16. The van der Waals surface area contributed by atoms with Crippen LogP contribution in [-0.4, -0.2) is 20.1 Å². The normalized spacial score (nSPS) is 10.5. The largest absolute Gasteiger partial charge is 0.514 e. The van der Waals surface area contributed by atoms with Crippen LogP contribution in [0.15, 0.2) is 78.9 Å². The molecule has 1 amide bonds. The molecule has 32 heavy (non-hydrogen) atoms. The first-order chi connectivity index (χ1) is 15.3. The van der Waals surface area contributed by atoms with E-state index < -0.39 is 14.2 Å². The van der Waals surface area contributed by atoms with Crippen molar-refractivity contribution in [1.29, 1.82) is 0 Å². The van der Waals surface area contributed by atoms with Crippen LogP contribution in [-0.2, 0) is 11.3 Å². The Morgan fingerprint density at radius 3 is 2.22 bits per heavy atom. The van der Waals surface area contributed by atoms with Crippen LogP contribution >= 0.6 is 0 Å². The zero-order valence-electron chi connectivity index (χ0n) is 18.3. The Hall–Kier alpha value is -3.82. The van der Waals surface area contributed by atoms with E-state index in [2.05, 4.69) is 36.4 Å². The minimum atomic E-state index is -1.59. The standard InChI is InChI=1S/C26H25NO4Si/c1-32(2,3)17-16-20-14-15-23(27-25(28)22-12-8-5-9-13-22)24(18-20)31-26(29)30-19-21-10-6-4-7-11-21/h4-15,18H,19H2,1-3H3,(H,27,28). The first kappa shape index (κ1) is 22.9. The Bertz CT molecular complexity index is 1140. The topological polar surface area (TPSA) is 64.6 Å². The van der Waals surface area contributed by atoms with Gasteiger partial charge in [0.1, 0.15) is 14.7 Å². The minimum absolute atomic E-state index is 0.0838. The molecular formula is C26H25NO4Si. The fourth-order valence-electron chi connectivity index (χ4n) is 2.67. The van der Waals surface area contributed by atoms with Gasteiger partial charge in [0.25, 0.3) is 5.91 Å². The molecule has 0 fully saturated rings. The summed E-state index contributed by atoms with van der Waals surface area (Å²) in [5.74, 6) is 3.00. The smallest absolute Gasteiger partial charge is 0.429 e. The van der Waals surface area contributed by atoms with E-state index in [4.69, 9.17) is 9.47 Å². The van der Waals surface area contributed by atoms with Crippen molar-refractivity contribution < 1.29 is 19.1 Å². The summed E-state index contributed by atoms with van der Waals surface area (Å²) in [5.41, 5.74) is 5.67. The van der Waals surface area contributed by atoms with Gasteiger partial charge in [-0.15, -0.1) is 5.54 Å². The van der Waals surface area contributed by atoms with Crippen LogP contribution in [0.5, 0.6) is 5.75 Å². The fraction of sp³-hybridized carbons (Fsp3) is 0.154. The molecule has 0 aromatic heterocycles. The molecule has 3 aromatic carbocycles. The lowest BCUT2D eigenvalue weighted by Crippen LogP contribution is -2.16. The molecule has 0 aliphatic rings. The SMILES string of the molecule is C[Si](C)(C)C#Cc1ccc(NC(=O)c2ccccc2)c(OC(=O)OCc2ccccc2)c1. The Labute approximate surface area is 189 Å². The van der Waals surface area contributed by atoms with Crippen molar-refractivity contribution in [3.8, 4) is 17.2 Å². The third kappa shape index (κ3) is 7.15. The number of ether oxygens (including phenoxy) is 2. The predicted octanol–water partition coefficient (Wildman–Crippen LogP) is 5.88. The van der Waals surface area contributed by atoms with E-state index in [1.165, 1.54) is 0 Å². The number of rotatable bonds is 5. The molecule has 5 nitrogen and oxygen atoms in total. The average molecular weight is 444 g/mol. The summed E-state index contributed by atoms with van der Waals surface area (Å²) in [7, 11) is -1.59. The zero-order chi connectivity index (χ0) is 23.0. The van der Waals surface area contributed by atoms with E-state index in [0.717, 1.165) is 5.56 Å². The molecule has 1 N–H and O–H groups in total. The molecule has 0 aliphatic carbocycles. The summed E-state index contributed by atoms with van der Waals surface area (Å²) in [4.78, 5) is 24.9. The number of carbonyl (C=O) groups is 2. The number of anilines is 1. The van der Waals surface area contributed by atoms with E-state index in [0.29, 0.717) is 16.8 Å². The highest BCUT2D eigenvalue weighted by molar-refractivity contribution is 6.83. The van der Waals surface area contributed by atoms with E-state index in [1.54, 1.807) is 42.5 Å². The molecule has 6 heteroatoms.